The zero-order valence-electron chi connectivity index (χ0n) is 8.41. The van der Waals surface area contributed by atoms with Crippen LogP contribution >= 0.6 is 11.6 Å². The lowest BCUT2D eigenvalue weighted by Crippen LogP contribution is -2.12. The highest BCUT2D eigenvalue weighted by atomic mass is 35.5. The first-order valence-electron chi connectivity index (χ1n) is 4.59. The van der Waals surface area contributed by atoms with Crippen LogP contribution in [0.1, 0.15) is 18.9 Å². The summed E-state index contributed by atoms with van der Waals surface area (Å²) < 4.78 is 51.3. The van der Waals surface area contributed by atoms with Crippen molar-refractivity contribution < 1.29 is 17.6 Å². The summed E-state index contributed by atoms with van der Waals surface area (Å²) >= 11 is 5.59. The molecule has 0 bridgehead atoms. The van der Waals surface area contributed by atoms with Gasteiger partial charge in [0.25, 0.3) is 0 Å². The zero-order valence-corrected chi connectivity index (χ0v) is 9.16. The van der Waals surface area contributed by atoms with Crippen LogP contribution in [-0.2, 0) is 0 Å². The normalized spacial score (nSPS) is 13.0. The van der Waals surface area contributed by atoms with E-state index in [1.807, 2.05) is 0 Å². The maximum atomic E-state index is 13.3. The maximum absolute atomic E-state index is 13.3. The summed E-state index contributed by atoms with van der Waals surface area (Å²) in [5, 5.41) is -0.239. The SMILES string of the molecule is CC/C=C(/c1c(F)cccc1Cl)C(F)(F)F. The molecule has 0 heterocycles. The second-order valence-corrected chi connectivity index (χ2v) is 3.53. The lowest BCUT2D eigenvalue weighted by Gasteiger charge is -2.14. The Morgan fingerprint density at radius 3 is 2.44 bits per heavy atom. The lowest BCUT2D eigenvalue weighted by molar-refractivity contribution is -0.0692. The monoisotopic (exact) mass is 252 g/mol. The predicted octanol–water partition coefficient (Wildman–Crippen LogP) is 4.83. The van der Waals surface area contributed by atoms with Crippen molar-refractivity contribution in [3.05, 3.63) is 40.7 Å². The Morgan fingerprint density at radius 1 is 1.38 bits per heavy atom. The standard InChI is InChI=1S/C11H9ClF4/c1-2-4-7(11(14,15)16)10-8(12)5-3-6-9(10)13/h3-6H,2H2,1H3/b7-4-. The van der Waals surface area contributed by atoms with Crippen LogP contribution in [0, 0.1) is 5.82 Å². The Balaban J connectivity index is 3.39. The predicted molar refractivity (Wildman–Crippen MR) is 55.7 cm³/mol. The van der Waals surface area contributed by atoms with Crippen LogP contribution in [-0.4, -0.2) is 6.18 Å². The molecule has 0 atom stereocenters. The third-order valence-corrected chi connectivity index (χ3v) is 2.26. The molecule has 0 nitrogen and oxygen atoms in total. The molecule has 0 aliphatic rings. The van der Waals surface area contributed by atoms with E-state index in [4.69, 9.17) is 11.6 Å². The smallest absolute Gasteiger partial charge is 0.206 e. The van der Waals surface area contributed by atoms with Gasteiger partial charge >= 0.3 is 6.18 Å². The van der Waals surface area contributed by atoms with Gasteiger partial charge in [0.15, 0.2) is 0 Å². The van der Waals surface area contributed by atoms with Crippen LogP contribution in [0.2, 0.25) is 5.02 Å². The first-order valence-corrected chi connectivity index (χ1v) is 4.97. The fourth-order valence-electron chi connectivity index (χ4n) is 1.32. The number of allylic oxidation sites excluding steroid dienone is 2. The molecular weight excluding hydrogens is 244 g/mol. The second-order valence-electron chi connectivity index (χ2n) is 3.12. The summed E-state index contributed by atoms with van der Waals surface area (Å²) in [6.45, 7) is 1.54. The molecule has 1 aromatic rings. The number of hydrogen-bond donors (Lipinski definition) is 0. The number of rotatable bonds is 2. The molecule has 0 spiro atoms. The summed E-state index contributed by atoms with van der Waals surface area (Å²) in [5.74, 6) is -0.968. The van der Waals surface area contributed by atoms with Crippen molar-refractivity contribution in [2.24, 2.45) is 0 Å². The van der Waals surface area contributed by atoms with Gasteiger partial charge in [0.2, 0.25) is 0 Å². The van der Waals surface area contributed by atoms with Crippen molar-refractivity contribution in [3.63, 3.8) is 0 Å². The summed E-state index contributed by atoms with van der Waals surface area (Å²) in [7, 11) is 0. The first-order chi connectivity index (χ1) is 7.38. The van der Waals surface area contributed by atoms with E-state index >= 15 is 0 Å². The molecule has 1 aromatic carbocycles. The minimum absolute atomic E-state index is 0.152. The molecule has 0 aliphatic heterocycles. The van der Waals surface area contributed by atoms with Gasteiger partial charge in [-0.15, -0.1) is 0 Å². The molecule has 0 unspecified atom stereocenters. The molecule has 0 amide bonds. The largest absolute Gasteiger partial charge is 0.416 e. The van der Waals surface area contributed by atoms with Gasteiger partial charge in [-0.3, -0.25) is 0 Å². The van der Waals surface area contributed by atoms with Gasteiger partial charge in [0, 0.05) is 5.56 Å². The van der Waals surface area contributed by atoms with Crippen molar-refractivity contribution in [2.45, 2.75) is 19.5 Å². The van der Waals surface area contributed by atoms with E-state index in [0.717, 1.165) is 12.1 Å². The lowest BCUT2D eigenvalue weighted by atomic mass is 10.0. The number of halogens is 5. The minimum atomic E-state index is -4.61. The van der Waals surface area contributed by atoms with Crippen molar-refractivity contribution in [1.29, 1.82) is 0 Å². The summed E-state index contributed by atoms with van der Waals surface area (Å²) in [6, 6.07) is 3.45. The average Bonchev–Trinajstić information content (AvgIpc) is 2.14. The van der Waals surface area contributed by atoms with Crippen LogP contribution in [0.15, 0.2) is 24.3 Å². The molecule has 16 heavy (non-hydrogen) atoms. The van der Waals surface area contributed by atoms with E-state index in [2.05, 4.69) is 0 Å². The fraction of sp³-hybridized carbons (Fsp3) is 0.273. The fourth-order valence-corrected chi connectivity index (χ4v) is 1.58. The van der Waals surface area contributed by atoms with Crippen molar-refractivity contribution in [2.75, 3.05) is 0 Å². The van der Waals surface area contributed by atoms with Crippen molar-refractivity contribution in [3.8, 4) is 0 Å². The van der Waals surface area contributed by atoms with Gasteiger partial charge in [-0.25, -0.2) is 4.39 Å². The number of hydrogen-bond acceptors (Lipinski definition) is 0. The number of alkyl halides is 3. The molecule has 0 saturated carbocycles. The highest BCUT2D eigenvalue weighted by molar-refractivity contribution is 6.32. The molecule has 0 saturated heterocycles. The molecule has 0 aliphatic carbocycles. The van der Waals surface area contributed by atoms with E-state index in [9.17, 15) is 17.6 Å². The van der Waals surface area contributed by atoms with E-state index in [1.165, 1.54) is 12.1 Å². The average molecular weight is 253 g/mol. The first kappa shape index (κ1) is 13.0. The Labute approximate surface area is 95.5 Å². The molecule has 0 fully saturated rings. The van der Waals surface area contributed by atoms with Gasteiger partial charge in [-0.1, -0.05) is 30.7 Å². The second kappa shape index (κ2) is 4.87. The quantitative estimate of drug-likeness (QED) is 0.661. The molecule has 0 N–H and O–H groups in total. The molecule has 88 valence electrons. The van der Waals surface area contributed by atoms with Crippen LogP contribution in [0.5, 0.6) is 0 Å². The van der Waals surface area contributed by atoms with Gasteiger partial charge in [-0.05, 0) is 18.6 Å². The van der Waals surface area contributed by atoms with E-state index in [1.54, 1.807) is 6.92 Å². The van der Waals surface area contributed by atoms with Crippen molar-refractivity contribution >= 4 is 17.2 Å². The van der Waals surface area contributed by atoms with Gasteiger partial charge < -0.3 is 0 Å². The van der Waals surface area contributed by atoms with Gasteiger partial charge in [0.05, 0.1) is 10.6 Å². The van der Waals surface area contributed by atoms with Gasteiger partial charge in [-0.2, -0.15) is 13.2 Å². The molecular formula is C11H9ClF4. The maximum Gasteiger partial charge on any atom is 0.416 e. The Bertz CT molecular complexity index is 387. The topological polar surface area (TPSA) is 0 Å². The van der Waals surface area contributed by atoms with E-state index in [-0.39, 0.29) is 11.4 Å². The van der Waals surface area contributed by atoms with Gasteiger partial charge in [0.1, 0.15) is 5.82 Å². The third kappa shape index (κ3) is 2.76. The Hall–Kier alpha value is -1.03. The summed E-state index contributed by atoms with van der Waals surface area (Å²) in [6.07, 6.45) is -3.54. The molecule has 0 radical (unpaired) electrons. The van der Waals surface area contributed by atoms with Crippen molar-refractivity contribution in [1.82, 2.24) is 0 Å². The van der Waals surface area contributed by atoms with Crippen LogP contribution in [0.4, 0.5) is 17.6 Å². The zero-order chi connectivity index (χ0) is 12.3. The van der Waals surface area contributed by atoms with Crippen LogP contribution in [0.25, 0.3) is 5.57 Å². The molecule has 0 aromatic heterocycles. The molecule has 1 rings (SSSR count). The van der Waals surface area contributed by atoms with Crippen LogP contribution < -0.4 is 0 Å². The number of benzene rings is 1. The highest BCUT2D eigenvalue weighted by Crippen LogP contribution is 2.38. The Kier molecular flexibility index (Phi) is 3.97. The van der Waals surface area contributed by atoms with E-state index in [0.29, 0.717) is 0 Å². The third-order valence-electron chi connectivity index (χ3n) is 1.95. The minimum Gasteiger partial charge on any atom is -0.206 e. The van der Waals surface area contributed by atoms with E-state index < -0.39 is 23.1 Å². The summed E-state index contributed by atoms with van der Waals surface area (Å²) in [4.78, 5) is 0. The Morgan fingerprint density at radius 2 is 2.00 bits per heavy atom. The molecule has 5 heteroatoms. The summed E-state index contributed by atoms with van der Waals surface area (Å²) in [5.41, 5.74) is -1.61. The highest BCUT2D eigenvalue weighted by Gasteiger charge is 2.36. The van der Waals surface area contributed by atoms with Crippen LogP contribution in [0.3, 0.4) is 0 Å².